The molecule has 0 amide bonds. The Morgan fingerprint density at radius 1 is 1.26 bits per heavy atom. The highest BCUT2D eigenvalue weighted by Crippen LogP contribution is 2.17. The van der Waals surface area contributed by atoms with E-state index in [-0.39, 0.29) is 5.82 Å². The summed E-state index contributed by atoms with van der Waals surface area (Å²) in [7, 11) is 0. The van der Waals surface area contributed by atoms with Crippen LogP contribution in [0, 0.1) is 11.7 Å². The first kappa shape index (κ1) is 15.9. The molecular weight excluding hydrogens is 245 g/mol. The summed E-state index contributed by atoms with van der Waals surface area (Å²) >= 11 is 0. The second-order valence-electron chi connectivity index (χ2n) is 5.31. The van der Waals surface area contributed by atoms with E-state index >= 15 is 0 Å². The van der Waals surface area contributed by atoms with Crippen LogP contribution in [0.5, 0.6) is 5.75 Å². The maximum absolute atomic E-state index is 13.4. The van der Waals surface area contributed by atoms with Gasteiger partial charge in [0.25, 0.3) is 0 Å². The van der Waals surface area contributed by atoms with Crippen molar-refractivity contribution in [2.45, 2.75) is 39.8 Å². The highest BCUT2D eigenvalue weighted by Gasteiger charge is 2.03. The van der Waals surface area contributed by atoms with Crippen LogP contribution >= 0.6 is 0 Å². The summed E-state index contributed by atoms with van der Waals surface area (Å²) in [6.07, 6.45) is 0.137. The van der Waals surface area contributed by atoms with E-state index in [1.165, 1.54) is 12.1 Å². The maximum atomic E-state index is 13.4. The number of hydrogen-bond donors (Lipinski definition) is 2. The molecule has 1 rings (SSSR count). The standard InChI is InChI=1S/C15H24FNO2/c1-11(2)9-17-10-13-6-14(16)8-15(7-13)19-5-4-12(3)18/h6-8,11-12,17-18H,4-5,9-10H2,1-3H3. The van der Waals surface area contributed by atoms with Gasteiger partial charge in [-0.3, -0.25) is 0 Å². The van der Waals surface area contributed by atoms with E-state index in [0.717, 1.165) is 12.1 Å². The van der Waals surface area contributed by atoms with Gasteiger partial charge in [0.15, 0.2) is 0 Å². The van der Waals surface area contributed by atoms with E-state index in [1.807, 2.05) is 6.07 Å². The Morgan fingerprint density at radius 3 is 2.63 bits per heavy atom. The van der Waals surface area contributed by atoms with E-state index in [4.69, 9.17) is 9.84 Å². The van der Waals surface area contributed by atoms with Gasteiger partial charge in [0.05, 0.1) is 12.7 Å². The molecule has 19 heavy (non-hydrogen) atoms. The molecule has 1 atom stereocenters. The highest BCUT2D eigenvalue weighted by molar-refractivity contribution is 5.29. The molecule has 0 aliphatic rings. The summed E-state index contributed by atoms with van der Waals surface area (Å²) in [5.41, 5.74) is 0.868. The van der Waals surface area contributed by atoms with Crippen molar-refractivity contribution in [3.8, 4) is 5.75 Å². The van der Waals surface area contributed by atoms with Crippen LogP contribution < -0.4 is 10.1 Å². The fourth-order valence-corrected chi connectivity index (χ4v) is 1.66. The average Bonchev–Trinajstić information content (AvgIpc) is 2.27. The molecule has 0 spiro atoms. The van der Waals surface area contributed by atoms with E-state index < -0.39 is 6.10 Å². The van der Waals surface area contributed by atoms with Gasteiger partial charge in [-0.1, -0.05) is 13.8 Å². The number of halogens is 1. The molecule has 0 fully saturated rings. The molecule has 4 heteroatoms. The fraction of sp³-hybridized carbons (Fsp3) is 0.600. The van der Waals surface area contributed by atoms with Gasteiger partial charge in [0.2, 0.25) is 0 Å². The Balaban J connectivity index is 2.51. The zero-order chi connectivity index (χ0) is 14.3. The predicted molar refractivity (Wildman–Crippen MR) is 74.7 cm³/mol. The van der Waals surface area contributed by atoms with Crippen molar-refractivity contribution < 1.29 is 14.2 Å². The molecule has 0 bridgehead atoms. The van der Waals surface area contributed by atoms with Gasteiger partial charge < -0.3 is 15.2 Å². The van der Waals surface area contributed by atoms with Crippen LogP contribution in [0.1, 0.15) is 32.8 Å². The number of rotatable bonds is 8. The van der Waals surface area contributed by atoms with E-state index in [9.17, 15) is 4.39 Å². The number of hydrogen-bond acceptors (Lipinski definition) is 3. The molecule has 0 saturated carbocycles. The number of aliphatic hydroxyl groups excluding tert-OH is 1. The maximum Gasteiger partial charge on any atom is 0.127 e. The van der Waals surface area contributed by atoms with Crippen LogP contribution in [0.2, 0.25) is 0 Å². The minimum Gasteiger partial charge on any atom is -0.493 e. The fourth-order valence-electron chi connectivity index (χ4n) is 1.66. The quantitative estimate of drug-likeness (QED) is 0.762. The first-order valence-corrected chi connectivity index (χ1v) is 6.78. The van der Waals surface area contributed by atoms with Gasteiger partial charge in [-0.15, -0.1) is 0 Å². The number of aliphatic hydroxyl groups is 1. The summed E-state index contributed by atoms with van der Waals surface area (Å²) in [5, 5.41) is 12.4. The molecule has 0 aliphatic heterocycles. The minimum absolute atomic E-state index is 0.295. The number of ether oxygens (including phenoxy) is 1. The third-order valence-electron chi connectivity index (χ3n) is 2.62. The second-order valence-corrected chi connectivity index (χ2v) is 5.31. The van der Waals surface area contributed by atoms with Crippen molar-refractivity contribution in [2.75, 3.05) is 13.2 Å². The Morgan fingerprint density at radius 2 is 2.00 bits per heavy atom. The Kier molecular flexibility index (Phi) is 6.81. The van der Waals surface area contributed by atoms with Crippen molar-refractivity contribution in [1.29, 1.82) is 0 Å². The largest absolute Gasteiger partial charge is 0.493 e. The van der Waals surface area contributed by atoms with Crippen LogP contribution in [0.4, 0.5) is 4.39 Å². The Labute approximate surface area is 114 Å². The average molecular weight is 269 g/mol. The Bertz CT molecular complexity index is 348. The summed E-state index contributed by atoms with van der Waals surface area (Å²) in [6.45, 7) is 7.87. The van der Waals surface area contributed by atoms with Crippen LogP contribution in [-0.4, -0.2) is 24.4 Å². The van der Waals surface area contributed by atoms with Crippen molar-refractivity contribution in [2.24, 2.45) is 5.92 Å². The third kappa shape index (κ3) is 7.13. The van der Waals surface area contributed by atoms with E-state index in [1.54, 1.807) is 6.92 Å². The van der Waals surface area contributed by atoms with E-state index in [2.05, 4.69) is 19.2 Å². The summed E-state index contributed by atoms with van der Waals surface area (Å²) < 4.78 is 18.9. The molecule has 1 unspecified atom stereocenters. The topological polar surface area (TPSA) is 41.5 Å². The van der Waals surface area contributed by atoms with Gasteiger partial charge in [0.1, 0.15) is 11.6 Å². The smallest absolute Gasteiger partial charge is 0.127 e. The van der Waals surface area contributed by atoms with Gasteiger partial charge >= 0.3 is 0 Å². The lowest BCUT2D eigenvalue weighted by atomic mass is 10.2. The normalized spacial score (nSPS) is 12.7. The predicted octanol–water partition coefficient (Wildman–Crippen LogP) is 2.72. The number of benzene rings is 1. The highest BCUT2D eigenvalue weighted by atomic mass is 19.1. The van der Waals surface area contributed by atoms with Crippen LogP contribution in [0.3, 0.4) is 0 Å². The molecule has 0 aliphatic carbocycles. The third-order valence-corrected chi connectivity index (χ3v) is 2.62. The summed E-state index contributed by atoms with van der Waals surface area (Å²) in [4.78, 5) is 0. The van der Waals surface area contributed by atoms with Gasteiger partial charge in [-0.05, 0) is 37.1 Å². The van der Waals surface area contributed by atoms with Crippen molar-refractivity contribution in [1.82, 2.24) is 5.32 Å². The lowest BCUT2D eigenvalue weighted by Crippen LogP contribution is -2.19. The summed E-state index contributed by atoms with van der Waals surface area (Å²) in [5.74, 6) is 0.785. The molecule has 108 valence electrons. The molecule has 0 saturated heterocycles. The van der Waals surface area contributed by atoms with Gasteiger partial charge in [0, 0.05) is 19.0 Å². The first-order chi connectivity index (χ1) is 8.97. The first-order valence-electron chi connectivity index (χ1n) is 6.78. The molecule has 0 aromatic heterocycles. The molecule has 0 heterocycles. The van der Waals surface area contributed by atoms with E-state index in [0.29, 0.717) is 31.2 Å². The number of nitrogens with one attached hydrogen (secondary N) is 1. The SMILES string of the molecule is CC(C)CNCc1cc(F)cc(OCCC(C)O)c1. The van der Waals surface area contributed by atoms with Crippen LogP contribution in [0.15, 0.2) is 18.2 Å². The molecule has 3 nitrogen and oxygen atoms in total. The second kappa shape index (κ2) is 8.12. The molecule has 1 aromatic carbocycles. The Hall–Kier alpha value is -1.13. The van der Waals surface area contributed by atoms with Crippen LogP contribution in [0.25, 0.3) is 0 Å². The minimum atomic E-state index is -0.402. The zero-order valence-electron chi connectivity index (χ0n) is 11.9. The lowest BCUT2D eigenvalue weighted by molar-refractivity contribution is 0.155. The van der Waals surface area contributed by atoms with Crippen molar-refractivity contribution in [3.63, 3.8) is 0 Å². The molecular formula is C15H24FNO2. The zero-order valence-corrected chi connectivity index (χ0v) is 11.9. The molecule has 1 aromatic rings. The monoisotopic (exact) mass is 269 g/mol. The lowest BCUT2D eigenvalue weighted by Gasteiger charge is -2.11. The molecule has 2 N–H and O–H groups in total. The van der Waals surface area contributed by atoms with Crippen molar-refractivity contribution >= 4 is 0 Å². The van der Waals surface area contributed by atoms with Crippen LogP contribution in [-0.2, 0) is 6.54 Å². The molecule has 0 radical (unpaired) electrons. The van der Waals surface area contributed by atoms with Crippen molar-refractivity contribution in [3.05, 3.63) is 29.6 Å². The summed E-state index contributed by atoms with van der Waals surface area (Å²) in [6, 6.07) is 4.71. The van der Waals surface area contributed by atoms with Gasteiger partial charge in [-0.25, -0.2) is 4.39 Å². The van der Waals surface area contributed by atoms with Gasteiger partial charge in [-0.2, -0.15) is 0 Å².